The van der Waals surface area contributed by atoms with Crippen LogP contribution in [-0.2, 0) is 4.79 Å². The van der Waals surface area contributed by atoms with Gasteiger partial charge in [-0.05, 0) is 62.1 Å². The van der Waals surface area contributed by atoms with Crippen LogP contribution in [0, 0.1) is 17.8 Å². The molecule has 2 saturated carbocycles. The third kappa shape index (κ3) is 4.69. The molecule has 2 aliphatic rings. The number of methoxy groups -OCH3 is 1. The van der Waals surface area contributed by atoms with Crippen LogP contribution in [0.5, 0.6) is 11.5 Å². The first-order valence-electron chi connectivity index (χ1n) is 9.91. The van der Waals surface area contributed by atoms with Crippen molar-refractivity contribution in [1.82, 2.24) is 5.32 Å². The number of rotatable bonds is 8. The number of hydrogen-bond donors (Lipinski definition) is 2. The van der Waals surface area contributed by atoms with Crippen molar-refractivity contribution in [2.45, 2.75) is 58.0 Å². The molecule has 152 valence electrons. The Morgan fingerprint density at radius 1 is 1.30 bits per heavy atom. The topological polar surface area (TPSA) is 73.6 Å². The minimum atomic E-state index is -0.0904. The second kappa shape index (κ2) is 9.65. The molecule has 6 heteroatoms. The van der Waals surface area contributed by atoms with E-state index >= 15 is 0 Å². The van der Waals surface area contributed by atoms with E-state index in [2.05, 4.69) is 12.2 Å². The molecule has 1 aromatic carbocycles. The second-order valence-electron chi connectivity index (χ2n) is 7.78. The maximum Gasteiger partial charge on any atom is 0.225 e. The zero-order valence-electron chi connectivity index (χ0n) is 16.6. The summed E-state index contributed by atoms with van der Waals surface area (Å²) >= 11 is 0. The molecule has 2 bridgehead atoms. The van der Waals surface area contributed by atoms with Crippen LogP contribution in [0.25, 0.3) is 0 Å². The molecule has 2 aliphatic carbocycles. The average molecular weight is 397 g/mol. The van der Waals surface area contributed by atoms with Crippen LogP contribution in [0.15, 0.2) is 18.2 Å². The molecule has 1 aromatic rings. The highest BCUT2D eigenvalue weighted by molar-refractivity contribution is 5.85. The van der Waals surface area contributed by atoms with E-state index in [0.717, 1.165) is 37.0 Å². The van der Waals surface area contributed by atoms with Gasteiger partial charge >= 0.3 is 0 Å². The van der Waals surface area contributed by atoms with E-state index in [1.165, 1.54) is 6.42 Å². The van der Waals surface area contributed by atoms with Crippen LogP contribution in [-0.4, -0.2) is 25.7 Å². The third-order valence-electron chi connectivity index (χ3n) is 6.09. The molecule has 27 heavy (non-hydrogen) atoms. The smallest absolute Gasteiger partial charge is 0.225 e. The Morgan fingerprint density at radius 2 is 2.04 bits per heavy atom. The fraction of sp³-hybridized carbons (Fsp3) is 0.667. The fourth-order valence-corrected chi connectivity index (χ4v) is 4.52. The standard InChI is InChI=1S/C21H32N2O3.ClH/c1-4-5-10-26-17-9-8-14(12-18(17)25-3)13(2)23-21(24)19-15-6-7-16(11-15)20(19)22;/h8-9,12-13,15-16,19-20H,4-7,10-11,22H2,1-3H3,(H,23,24);1H. The molecule has 0 radical (unpaired) electrons. The van der Waals surface area contributed by atoms with Crippen molar-refractivity contribution in [2.24, 2.45) is 23.5 Å². The van der Waals surface area contributed by atoms with Gasteiger partial charge in [-0.15, -0.1) is 12.4 Å². The average Bonchev–Trinajstić information content (AvgIpc) is 3.23. The molecule has 3 N–H and O–H groups in total. The lowest BCUT2D eigenvalue weighted by molar-refractivity contribution is -0.127. The van der Waals surface area contributed by atoms with E-state index in [4.69, 9.17) is 15.2 Å². The van der Waals surface area contributed by atoms with Gasteiger partial charge in [0.15, 0.2) is 11.5 Å². The number of carbonyl (C=O) groups excluding carboxylic acids is 1. The summed E-state index contributed by atoms with van der Waals surface area (Å²) in [6.07, 6.45) is 5.55. The molecule has 3 rings (SSSR count). The van der Waals surface area contributed by atoms with E-state index < -0.39 is 0 Å². The number of ether oxygens (including phenoxy) is 2. The lowest BCUT2D eigenvalue weighted by atomic mass is 9.84. The molecule has 0 aromatic heterocycles. The summed E-state index contributed by atoms with van der Waals surface area (Å²) in [6, 6.07) is 5.80. The van der Waals surface area contributed by atoms with E-state index in [0.29, 0.717) is 24.2 Å². The largest absolute Gasteiger partial charge is 0.493 e. The number of amides is 1. The Bertz CT molecular complexity index is 638. The molecule has 2 fully saturated rings. The van der Waals surface area contributed by atoms with Gasteiger partial charge in [-0.1, -0.05) is 19.4 Å². The van der Waals surface area contributed by atoms with Crippen LogP contribution in [0.2, 0.25) is 0 Å². The zero-order valence-corrected chi connectivity index (χ0v) is 17.4. The number of unbranched alkanes of at least 4 members (excludes halogenated alkanes) is 1. The van der Waals surface area contributed by atoms with Crippen LogP contribution in [0.3, 0.4) is 0 Å². The Morgan fingerprint density at radius 3 is 2.67 bits per heavy atom. The lowest BCUT2D eigenvalue weighted by Gasteiger charge is -2.28. The number of fused-ring (bicyclic) bond motifs is 2. The molecule has 0 heterocycles. The minimum absolute atomic E-state index is 0. The number of nitrogens with two attached hydrogens (primary N) is 1. The fourth-order valence-electron chi connectivity index (χ4n) is 4.52. The van der Waals surface area contributed by atoms with Gasteiger partial charge in [-0.3, -0.25) is 4.79 Å². The summed E-state index contributed by atoms with van der Waals surface area (Å²) < 4.78 is 11.3. The summed E-state index contributed by atoms with van der Waals surface area (Å²) in [6.45, 7) is 4.82. The van der Waals surface area contributed by atoms with Crippen molar-refractivity contribution >= 4 is 18.3 Å². The number of halogens is 1. The van der Waals surface area contributed by atoms with Crippen LogP contribution >= 0.6 is 12.4 Å². The maximum atomic E-state index is 12.8. The molecule has 0 aliphatic heterocycles. The van der Waals surface area contributed by atoms with E-state index in [1.807, 2.05) is 25.1 Å². The van der Waals surface area contributed by atoms with Crippen LogP contribution < -0.4 is 20.5 Å². The first kappa shape index (κ1) is 21.8. The van der Waals surface area contributed by atoms with Crippen molar-refractivity contribution in [3.8, 4) is 11.5 Å². The first-order valence-corrected chi connectivity index (χ1v) is 9.91. The van der Waals surface area contributed by atoms with Gasteiger partial charge in [0.05, 0.1) is 25.7 Å². The molecular weight excluding hydrogens is 364 g/mol. The highest BCUT2D eigenvalue weighted by atomic mass is 35.5. The van der Waals surface area contributed by atoms with Crippen molar-refractivity contribution in [3.05, 3.63) is 23.8 Å². The van der Waals surface area contributed by atoms with Crippen LogP contribution in [0.4, 0.5) is 0 Å². The maximum absolute atomic E-state index is 12.8. The Kier molecular flexibility index (Phi) is 7.80. The SMILES string of the molecule is CCCCOc1ccc(C(C)NC(=O)C2C3CCC(C3)C2N)cc1OC.Cl. The van der Waals surface area contributed by atoms with Gasteiger partial charge in [-0.2, -0.15) is 0 Å². The van der Waals surface area contributed by atoms with Gasteiger partial charge in [0, 0.05) is 6.04 Å². The normalized spacial score (nSPS) is 27.0. The predicted molar refractivity (Wildman–Crippen MR) is 109 cm³/mol. The number of benzene rings is 1. The lowest BCUT2D eigenvalue weighted by Crippen LogP contribution is -2.45. The Hall–Kier alpha value is -1.46. The Labute approximate surface area is 168 Å². The van der Waals surface area contributed by atoms with E-state index in [9.17, 15) is 4.79 Å². The van der Waals surface area contributed by atoms with Crippen molar-refractivity contribution in [1.29, 1.82) is 0 Å². The molecule has 5 unspecified atom stereocenters. The van der Waals surface area contributed by atoms with E-state index in [1.54, 1.807) is 7.11 Å². The summed E-state index contributed by atoms with van der Waals surface area (Å²) in [5, 5.41) is 3.16. The molecule has 5 atom stereocenters. The summed E-state index contributed by atoms with van der Waals surface area (Å²) in [5.41, 5.74) is 7.31. The molecular formula is C21H33ClN2O3. The van der Waals surface area contributed by atoms with Gasteiger partial charge in [0.2, 0.25) is 5.91 Å². The highest BCUT2D eigenvalue weighted by Crippen LogP contribution is 2.47. The second-order valence-corrected chi connectivity index (χ2v) is 7.78. The number of carbonyl (C=O) groups is 1. The monoisotopic (exact) mass is 396 g/mol. The highest BCUT2D eigenvalue weighted by Gasteiger charge is 2.49. The number of hydrogen-bond acceptors (Lipinski definition) is 4. The van der Waals surface area contributed by atoms with Gasteiger partial charge in [0.1, 0.15) is 0 Å². The van der Waals surface area contributed by atoms with Gasteiger partial charge in [-0.25, -0.2) is 0 Å². The van der Waals surface area contributed by atoms with Crippen molar-refractivity contribution in [3.63, 3.8) is 0 Å². The van der Waals surface area contributed by atoms with E-state index in [-0.39, 0.29) is 36.3 Å². The predicted octanol–water partition coefficient (Wildman–Crippen LogP) is 3.85. The molecule has 0 spiro atoms. The minimum Gasteiger partial charge on any atom is -0.493 e. The quantitative estimate of drug-likeness (QED) is 0.654. The molecule has 5 nitrogen and oxygen atoms in total. The Balaban J connectivity index is 0.00000261. The first-order chi connectivity index (χ1) is 12.5. The number of nitrogens with one attached hydrogen (secondary N) is 1. The van der Waals surface area contributed by atoms with Crippen LogP contribution in [0.1, 0.15) is 57.6 Å². The van der Waals surface area contributed by atoms with Crippen molar-refractivity contribution < 1.29 is 14.3 Å². The summed E-state index contributed by atoms with van der Waals surface area (Å²) in [4.78, 5) is 12.8. The molecule has 0 saturated heterocycles. The van der Waals surface area contributed by atoms with Gasteiger partial charge < -0.3 is 20.5 Å². The summed E-state index contributed by atoms with van der Waals surface area (Å²) in [5.74, 6) is 2.51. The summed E-state index contributed by atoms with van der Waals surface area (Å²) in [7, 11) is 1.64. The third-order valence-corrected chi connectivity index (χ3v) is 6.09. The van der Waals surface area contributed by atoms with Crippen molar-refractivity contribution in [2.75, 3.05) is 13.7 Å². The zero-order chi connectivity index (χ0) is 18.7. The van der Waals surface area contributed by atoms with Gasteiger partial charge in [0.25, 0.3) is 0 Å². The molecule has 1 amide bonds.